The maximum absolute atomic E-state index is 14.1. The Morgan fingerprint density at radius 3 is 2.68 bits per heavy atom. The van der Waals surface area contributed by atoms with Crippen molar-refractivity contribution in [1.29, 1.82) is 0 Å². The van der Waals surface area contributed by atoms with E-state index in [4.69, 9.17) is 0 Å². The number of nitrogens with one attached hydrogen (secondary N) is 3. The molecule has 0 radical (unpaired) electrons. The smallest absolute Gasteiger partial charge is 0.258 e. The van der Waals surface area contributed by atoms with Gasteiger partial charge in [-0.05, 0) is 37.3 Å². The molecule has 0 fully saturated rings. The fourth-order valence-corrected chi connectivity index (χ4v) is 3.59. The van der Waals surface area contributed by atoms with Gasteiger partial charge in [0.15, 0.2) is 5.82 Å². The summed E-state index contributed by atoms with van der Waals surface area (Å²) in [6.45, 7) is 3.56. The number of H-pyrrole nitrogens is 1. The molecule has 3 aromatic rings. The van der Waals surface area contributed by atoms with E-state index in [1.807, 2.05) is 0 Å². The largest absolute Gasteiger partial charge is 0.322 e. The summed E-state index contributed by atoms with van der Waals surface area (Å²) in [4.78, 5) is 16.5. The number of carbonyl (C=O) groups excluding carboxylic acids is 1. The minimum atomic E-state index is -3.81. The SMILES string of the molecule is CCNS(=O)(=O)c1ccc(F)c(C(=O)Nc2cccc(-c3n[nH]c(C)n3)c2)c1. The van der Waals surface area contributed by atoms with Crippen LogP contribution >= 0.6 is 0 Å². The maximum atomic E-state index is 14.1. The van der Waals surface area contributed by atoms with Crippen LogP contribution in [0.2, 0.25) is 0 Å². The zero-order valence-corrected chi connectivity index (χ0v) is 16.0. The molecule has 0 saturated carbocycles. The fourth-order valence-electron chi connectivity index (χ4n) is 2.53. The number of amides is 1. The van der Waals surface area contributed by atoms with Gasteiger partial charge >= 0.3 is 0 Å². The topological polar surface area (TPSA) is 117 Å². The summed E-state index contributed by atoms with van der Waals surface area (Å²) in [5.41, 5.74) is 0.675. The Bertz CT molecular complexity index is 1130. The van der Waals surface area contributed by atoms with E-state index in [1.54, 1.807) is 38.1 Å². The van der Waals surface area contributed by atoms with Crippen molar-refractivity contribution < 1.29 is 17.6 Å². The van der Waals surface area contributed by atoms with E-state index < -0.39 is 21.7 Å². The average molecular weight is 403 g/mol. The zero-order chi connectivity index (χ0) is 20.3. The van der Waals surface area contributed by atoms with Crippen molar-refractivity contribution in [1.82, 2.24) is 19.9 Å². The lowest BCUT2D eigenvalue weighted by molar-refractivity contribution is 0.102. The molecule has 8 nitrogen and oxygen atoms in total. The van der Waals surface area contributed by atoms with E-state index >= 15 is 0 Å². The molecular weight excluding hydrogens is 385 g/mol. The van der Waals surface area contributed by atoms with Gasteiger partial charge in [0.25, 0.3) is 5.91 Å². The van der Waals surface area contributed by atoms with Gasteiger partial charge in [-0.1, -0.05) is 19.1 Å². The van der Waals surface area contributed by atoms with Crippen molar-refractivity contribution in [3.8, 4) is 11.4 Å². The molecule has 28 heavy (non-hydrogen) atoms. The van der Waals surface area contributed by atoms with Crippen LogP contribution in [0.1, 0.15) is 23.1 Å². The Hall–Kier alpha value is -3.11. The number of anilines is 1. The highest BCUT2D eigenvalue weighted by Crippen LogP contribution is 2.21. The van der Waals surface area contributed by atoms with E-state index in [0.29, 0.717) is 22.9 Å². The van der Waals surface area contributed by atoms with Crippen LogP contribution in [0.15, 0.2) is 47.4 Å². The third-order valence-electron chi connectivity index (χ3n) is 3.80. The first-order chi connectivity index (χ1) is 13.3. The molecule has 0 saturated heterocycles. The van der Waals surface area contributed by atoms with Gasteiger partial charge < -0.3 is 5.32 Å². The summed E-state index contributed by atoms with van der Waals surface area (Å²) >= 11 is 0. The lowest BCUT2D eigenvalue weighted by Crippen LogP contribution is -2.24. The van der Waals surface area contributed by atoms with Gasteiger partial charge in [-0.2, -0.15) is 5.10 Å². The number of halogens is 1. The number of hydrogen-bond donors (Lipinski definition) is 3. The normalized spacial score (nSPS) is 11.4. The number of hydrogen-bond acceptors (Lipinski definition) is 5. The summed E-state index contributed by atoms with van der Waals surface area (Å²) in [6.07, 6.45) is 0. The first-order valence-electron chi connectivity index (χ1n) is 8.40. The van der Waals surface area contributed by atoms with E-state index in [1.165, 1.54) is 0 Å². The van der Waals surface area contributed by atoms with Crippen molar-refractivity contribution in [3.63, 3.8) is 0 Å². The van der Waals surface area contributed by atoms with Gasteiger partial charge in [-0.3, -0.25) is 9.89 Å². The quantitative estimate of drug-likeness (QED) is 0.585. The number of aromatic nitrogens is 3. The highest BCUT2D eigenvalue weighted by molar-refractivity contribution is 7.89. The fraction of sp³-hybridized carbons (Fsp3) is 0.167. The standard InChI is InChI=1S/C18H18FN5O3S/c1-3-20-28(26,27)14-7-8-16(19)15(10-14)18(25)22-13-6-4-5-12(9-13)17-21-11(2)23-24-17/h4-10,20H,3H2,1-2H3,(H,22,25)(H,21,23,24). The molecule has 146 valence electrons. The predicted octanol–water partition coefficient (Wildman–Crippen LogP) is 2.47. The number of aryl methyl sites for hydroxylation is 1. The highest BCUT2D eigenvalue weighted by Gasteiger charge is 2.19. The number of rotatable bonds is 6. The Morgan fingerprint density at radius 1 is 1.21 bits per heavy atom. The van der Waals surface area contributed by atoms with Crippen LogP contribution in [0.25, 0.3) is 11.4 Å². The number of benzene rings is 2. The van der Waals surface area contributed by atoms with Crippen LogP contribution in [-0.2, 0) is 10.0 Å². The van der Waals surface area contributed by atoms with E-state index in [-0.39, 0.29) is 17.0 Å². The third kappa shape index (κ3) is 4.24. The molecule has 3 N–H and O–H groups in total. The van der Waals surface area contributed by atoms with Gasteiger partial charge in [0.2, 0.25) is 10.0 Å². The summed E-state index contributed by atoms with van der Waals surface area (Å²) in [5.74, 6) is -0.494. The number of carbonyl (C=O) groups is 1. The maximum Gasteiger partial charge on any atom is 0.258 e. The van der Waals surface area contributed by atoms with Crippen LogP contribution in [0.4, 0.5) is 10.1 Å². The summed E-state index contributed by atoms with van der Waals surface area (Å²) in [7, 11) is -3.81. The molecule has 0 bridgehead atoms. The highest BCUT2D eigenvalue weighted by atomic mass is 32.2. The zero-order valence-electron chi connectivity index (χ0n) is 15.2. The monoisotopic (exact) mass is 403 g/mol. The van der Waals surface area contributed by atoms with Crippen LogP contribution in [-0.4, -0.2) is 36.1 Å². The third-order valence-corrected chi connectivity index (χ3v) is 5.35. The molecule has 0 atom stereocenters. The van der Waals surface area contributed by atoms with E-state index in [9.17, 15) is 17.6 Å². The molecule has 3 rings (SSSR count). The molecule has 1 aromatic heterocycles. The first-order valence-corrected chi connectivity index (χ1v) is 9.88. The molecular formula is C18H18FN5O3S. The molecule has 10 heteroatoms. The van der Waals surface area contributed by atoms with Crippen molar-refractivity contribution in [3.05, 3.63) is 59.7 Å². The summed E-state index contributed by atoms with van der Waals surface area (Å²) in [5, 5.41) is 9.35. The Balaban J connectivity index is 1.87. The second kappa shape index (κ2) is 7.87. The van der Waals surface area contributed by atoms with Gasteiger partial charge in [0.05, 0.1) is 10.5 Å². The van der Waals surface area contributed by atoms with Crippen molar-refractivity contribution in [2.45, 2.75) is 18.7 Å². The Labute approximate surface area is 161 Å². The number of aromatic amines is 1. The molecule has 1 heterocycles. The van der Waals surface area contributed by atoms with Crippen LogP contribution < -0.4 is 10.0 Å². The second-order valence-corrected chi connectivity index (χ2v) is 7.69. The van der Waals surface area contributed by atoms with Crippen molar-refractivity contribution in [2.24, 2.45) is 0 Å². The van der Waals surface area contributed by atoms with Gasteiger partial charge in [0.1, 0.15) is 11.6 Å². The first kappa shape index (κ1) is 19.6. The molecule has 1 amide bonds. The van der Waals surface area contributed by atoms with Crippen molar-refractivity contribution >= 4 is 21.6 Å². The van der Waals surface area contributed by atoms with Crippen LogP contribution in [0, 0.1) is 12.7 Å². The molecule has 0 spiro atoms. The molecule has 0 unspecified atom stereocenters. The Kier molecular flexibility index (Phi) is 5.52. The van der Waals surface area contributed by atoms with Crippen molar-refractivity contribution in [2.75, 3.05) is 11.9 Å². The lowest BCUT2D eigenvalue weighted by atomic mass is 10.1. The minimum Gasteiger partial charge on any atom is -0.322 e. The summed E-state index contributed by atoms with van der Waals surface area (Å²) < 4.78 is 40.6. The van der Waals surface area contributed by atoms with Gasteiger partial charge in [-0.25, -0.2) is 22.5 Å². The van der Waals surface area contributed by atoms with E-state index in [2.05, 4.69) is 25.2 Å². The molecule has 2 aromatic carbocycles. The number of nitrogens with zero attached hydrogens (tertiary/aromatic N) is 2. The van der Waals surface area contributed by atoms with Gasteiger partial charge in [-0.15, -0.1) is 0 Å². The van der Waals surface area contributed by atoms with Gasteiger partial charge in [0, 0.05) is 17.8 Å². The number of sulfonamides is 1. The predicted molar refractivity (Wildman–Crippen MR) is 102 cm³/mol. The van der Waals surface area contributed by atoms with Crippen LogP contribution in [0.5, 0.6) is 0 Å². The lowest BCUT2D eigenvalue weighted by Gasteiger charge is -2.10. The minimum absolute atomic E-state index is 0.175. The van der Waals surface area contributed by atoms with Crippen LogP contribution in [0.3, 0.4) is 0 Å². The van der Waals surface area contributed by atoms with E-state index in [0.717, 1.165) is 18.2 Å². The average Bonchev–Trinajstić information content (AvgIpc) is 3.08. The summed E-state index contributed by atoms with van der Waals surface area (Å²) in [6, 6.07) is 9.78. The molecule has 0 aliphatic rings. The molecule has 0 aliphatic carbocycles. The second-order valence-electron chi connectivity index (χ2n) is 5.92. The molecule has 0 aliphatic heterocycles. The Morgan fingerprint density at radius 2 is 2.00 bits per heavy atom.